The van der Waals surface area contributed by atoms with Crippen LogP contribution in [0.2, 0.25) is 0 Å². The predicted molar refractivity (Wildman–Crippen MR) is 76.0 cm³/mol. The van der Waals surface area contributed by atoms with Gasteiger partial charge < -0.3 is 19.5 Å². The molecule has 21 heavy (non-hydrogen) atoms. The van der Waals surface area contributed by atoms with Crippen molar-refractivity contribution < 1.29 is 24.2 Å². The van der Waals surface area contributed by atoms with Crippen LogP contribution < -0.4 is 0 Å². The minimum Gasteiger partial charge on any atom is -0.481 e. The zero-order valence-corrected chi connectivity index (χ0v) is 13.1. The van der Waals surface area contributed by atoms with Crippen molar-refractivity contribution in [3.8, 4) is 0 Å². The van der Waals surface area contributed by atoms with Crippen LogP contribution in [0.25, 0.3) is 0 Å². The molecule has 2 aliphatic heterocycles. The molecule has 1 unspecified atom stereocenters. The standard InChI is InChI=1S/C15H25NO5/c1-14(2,3)21-13(19)16-7-5-15(6-8-16,12(17)18)11-4-9-20-10-11/h11H,4-10H2,1-3H3,(H,17,18). The molecule has 0 radical (unpaired) electrons. The third-order valence-electron chi connectivity index (χ3n) is 4.44. The first-order chi connectivity index (χ1) is 9.74. The molecule has 6 heteroatoms. The molecule has 0 spiro atoms. The number of carboxylic acid groups (broad SMARTS) is 1. The highest BCUT2D eigenvalue weighted by Gasteiger charge is 2.49. The average Bonchev–Trinajstić information content (AvgIpc) is 2.90. The number of piperidine rings is 1. The van der Waals surface area contributed by atoms with Crippen molar-refractivity contribution in [3.05, 3.63) is 0 Å². The largest absolute Gasteiger partial charge is 0.481 e. The van der Waals surface area contributed by atoms with E-state index in [0.717, 1.165) is 6.42 Å². The number of ether oxygens (including phenoxy) is 2. The molecule has 1 amide bonds. The van der Waals surface area contributed by atoms with Gasteiger partial charge >= 0.3 is 12.1 Å². The van der Waals surface area contributed by atoms with Crippen molar-refractivity contribution in [1.29, 1.82) is 0 Å². The van der Waals surface area contributed by atoms with Gasteiger partial charge in [-0.2, -0.15) is 0 Å². The Morgan fingerprint density at radius 1 is 1.29 bits per heavy atom. The summed E-state index contributed by atoms with van der Waals surface area (Å²) in [5, 5.41) is 9.67. The summed E-state index contributed by atoms with van der Waals surface area (Å²) in [5.41, 5.74) is -1.28. The van der Waals surface area contributed by atoms with Crippen LogP contribution in [0.15, 0.2) is 0 Å². The van der Waals surface area contributed by atoms with Crippen LogP contribution in [0, 0.1) is 11.3 Å². The number of rotatable bonds is 2. The van der Waals surface area contributed by atoms with Gasteiger partial charge in [0, 0.05) is 25.6 Å². The van der Waals surface area contributed by atoms with Crippen molar-refractivity contribution >= 4 is 12.1 Å². The van der Waals surface area contributed by atoms with Gasteiger partial charge in [-0.05, 0) is 40.0 Å². The number of aliphatic carboxylic acids is 1. The number of nitrogens with zero attached hydrogens (tertiary/aromatic N) is 1. The fourth-order valence-electron chi connectivity index (χ4n) is 3.18. The lowest BCUT2D eigenvalue weighted by molar-refractivity contribution is -0.156. The third kappa shape index (κ3) is 3.48. The van der Waals surface area contributed by atoms with Crippen LogP contribution >= 0.6 is 0 Å². The predicted octanol–water partition coefficient (Wildman–Crippen LogP) is 2.12. The Morgan fingerprint density at radius 2 is 1.90 bits per heavy atom. The molecule has 1 atom stereocenters. The van der Waals surface area contributed by atoms with Crippen LogP contribution in [-0.4, -0.2) is 54.0 Å². The molecule has 0 aromatic carbocycles. The van der Waals surface area contributed by atoms with E-state index in [1.165, 1.54) is 0 Å². The second-order valence-corrected chi connectivity index (χ2v) is 6.99. The first-order valence-electron chi connectivity index (χ1n) is 7.54. The van der Waals surface area contributed by atoms with Gasteiger partial charge in [0.05, 0.1) is 12.0 Å². The molecule has 0 saturated carbocycles. The Kier molecular flexibility index (Phi) is 4.46. The highest BCUT2D eigenvalue weighted by molar-refractivity contribution is 5.76. The molecule has 2 heterocycles. The summed E-state index contributed by atoms with van der Waals surface area (Å²) in [4.78, 5) is 25.4. The molecule has 2 aliphatic rings. The zero-order chi connectivity index (χ0) is 15.7. The number of amides is 1. The summed E-state index contributed by atoms with van der Waals surface area (Å²) in [6.45, 7) is 7.48. The first kappa shape index (κ1) is 16.1. The summed E-state index contributed by atoms with van der Waals surface area (Å²) < 4.78 is 10.7. The monoisotopic (exact) mass is 299 g/mol. The summed E-state index contributed by atoms with van der Waals surface area (Å²) in [5.74, 6) is -0.711. The molecule has 0 aliphatic carbocycles. The lowest BCUT2D eigenvalue weighted by atomic mass is 9.68. The number of likely N-dealkylation sites (tertiary alicyclic amines) is 1. The maximum absolute atomic E-state index is 12.0. The molecular formula is C15H25NO5. The van der Waals surface area contributed by atoms with Crippen molar-refractivity contribution in [2.24, 2.45) is 11.3 Å². The quantitative estimate of drug-likeness (QED) is 0.845. The molecular weight excluding hydrogens is 274 g/mol. The van der Waals surface area contributed by atoms with Gasteiger partial charge in [-0.3, -0.25) is 4.79 Å². The smallest absolute Gasteiger partial charge is 0.410 e. The van der Waals surface area contributed by atoms with E-state index in [-0.39, 0.29) is 12.0 Å². The Labute approximate surface area is 125 Å². The summed E-state index contributed by atoms with van der Waals surface area (Å²) in [6, 6.07) is 0. The van der Waals surface area contributed by atoms with E-state index in [9.17, 15) is 14.7 Å². The topological polar surface area (TPSA) is 76.1 Å². The van der Waals surface area contributed by atoms with Crippen LogP contribution in [0.3, 0.4) is 0 Å². The van der Waals surface area contributed by atoms with E-state index in [1.54, 1.807) is 4.90 Å². The number of carboxylic acids is 1. The molecule has 2 fully saturated rings. The van der Waals surface area contributed by atoms with E-state index < -0.39 is 17.0 Å². The molecule has 2 saturated heterocycles. The maximum Gasteiger partial charge on any atom is 0.410 e. The Balaban J connectivity index is 2.00. The van der Waals surface area contributed by atoms with E-state index in [0.29, 0.717) is 39.1 Å². The van der Waals surface area contributed by atoms with Crippen LogP contribution in [-0.2, 0) is 14.3 Å². The average molecular weight is 299 g/mol. The molecule has 0 bridgehead atoms. The van der Waals surface area contributed by atoms with E-state index >= 15 is 0 Å². The molecule has 120 valence electrons. The minimum atomic E-state index is -0.762. The molecule has 0 aromatic heterocycles. The lowest BCUT2D eigenvalue weighted by Gasteiger charge is -2.42. The van der Waals surface area contributed by atoms with Crippen LogP contribution in [0.4, 0.5) is 4.79 Å². The van der Waals surface area contributed by atoms with Gasteiger partial charge in [0.25, 0.3) is 0 Å². The molecule has 2 rings (SSSR count). The van der Waals surface area contributed by atoms with Crippen molar-refractivity contribution in [1.82, 2.24) is 4.90 Å². The summed E-state index contributed by atoms with van der Waals surface area (Å²) >= 11 is 0. The number of carbonyl (C=O) groups excluding carboxylic acids is 1. The van der Waals surface area contributed by atoms with E-state index in [1.807, 2.05) is 20.8 Å². The molecule has 0 aromatic rings. The second-order valence-electron chi connectivity index (χ2n) is 6.99. The minimum absolute atomic E-state index is 0.0517. The fraction of sp³-hybridized carbons (Fsp3) is 0.867. The number of hydrogen-bond acceptors (Lipinski definition) is 4. The Morgan fingerprint density at radius 3 is 2.33 bits per heavy atom. The van der Waals surface area contributed by atoms with Crippen molar-refractivity contribution in [2.45, 2.75) is 45.6 Å². The number of carbonyl (C=O) groups is 2. The van der Waals surface area contributed by atoms with Crippen LogP contribution in [0.5, 0.6) is 0 Å². The Hall–Kier alpha value is -1.30. The van der Waals surface area contributed by atoms with Gasteiger partial charge in [0.2, 0.25) is 0 Å². The van der Waals surface area contributed by atoms with Crippen molar-refractivity contribution in [2.75, 3.05) is 26.3 Å². The molecule has 6 nitrogen and oxygen atoms in total. The Bertz CT molecular complexity index is 401. The fourth-order valence-corrected chi connectivity index (χ4v) is 3.18. The summed E-state index contributed by atoms with van der Waals surface area (Å²) in [7, 11) is 0. The highest BCUT2D eigenvalue weighted by atomic mass is 16.6. The van der Waals surface area contributed by atoms with Gasteiger partial charge in [-0.15, -0.1) is 0 Å². The maximum atomic E-state index is 12.0. The highest BCUT2D eigenvalue weighted by Crippen LogP contribution is 2.43. The van der Waals surface area contributed by atoms with Crippen molar-refractivity contribution in [3.63, 3.8) is 0 Å². The van der Waals surface area contributed by atoms with E-state index in [2.05, 4.69) is 0 Å². The van der Waals surface area contributed by atoms with E-state index in [4.69, 9.17) is 9.47 Å². The lowest BCUT2D eigenvalue weighted by Crippen LogP contribution is -2.51. The third-order valence-corrected chi connectivity index (χ3v) is 4.44. The van der Waals surface area contributed by atoms with Gasteiger partial charge in [0.15, 0.2) is 0 Å². The van der Waals surface area contributed by atoms with Gasteiger partial charge in [-0.25, -0.2) is 4.79 Å². The number of hydrogen-bond donors (Lipinski definition) is 1. The van der Waals surface area contributed by atoms with Gasteiger partial charge in [0.1, 0.15) is 5.60 Å². The SMILES string of the molecule is CC(C)(C)OC(=O)N1CCC(C(=O)O)(C2CCOC2)CC1. The zero-order valence-electron chi connectivity index (χ0n) is 13.1. The summed E-state index contributed by atoms with van der Waals surface area (Å²) in [6.07, 6.45) is 1.37. The molecule has 1 N–H and O–H groups in total. The normalized spacial score (nSPS) is 25.7. The first-order valence-corrected chi connectivity index (χ1v) is 7.54. The van der Waals surface area contributed by atoms with Gasteiger partial charge in [-0.1, -0.05) is 0 Å². The second kappa shape index (κ2) is 5.83. The van der Waals surface area contributed by atoms with Crippen LogP contribution in [0.1, 0.15) is 40.0 Å².